The Hall–Kier alpha value is -3.52. The number of aryl methyl sites for hydroxylation is 1. The van der Waals surface area contributed by atoms with Crippen LogP contribution in [0.4, 0.5) is 10.5 Å². The molecule has 178 valence electrons. The Morgan fingerprint density at radius 3 is 2.71 bits per heavy atom. The first-order valence-electron chi connectivity index (χ1n) is 11.5. The molecule has 4 rings (SSSR count). The Morgan fingerprint density at radius 1 is 1.15 bits per heavy atom. The molecule has 2 amide bonds. The first-order chi connectivity index (χ1) is 16.4. The number of ketones is 2. The van der Waals surface area contributed by atoms with Crippen LogP contribution in [-0.2, 0) is 32.1 Å². The van der Waals surface area contributed by atoms with Gasteiger partial charge in [-0.05, 0) is 48.6 Å². The topological polar surface area (TPSA) is 102 Å². The number of amides is 2. The smallest absolute Gasteiger partial charge is 0.414 e. The van der Waals surface area contributed by atoms with Crippen molar-refractivity contribution in [3.8, 4) is 0 Å². The van der Waals surface area contributed by atoms with E-state index in [0.717, 1.165) is 11.1 Å². The molecule has 2 atom stereocenters. The van der Waals surface area contributed by atoms with Crippen LogP contribution in [-0.4, -0.2) is 49.4 Å². The standard InChI is InChI=1S/C26H28N2O6/c1-17(29)27-13-21-14-28(26(32)34-21)20-10-11-22-19(12-20)8-5-9-23(25(22)31)24(30)16-33-15-18-6-3-2-4-7-18/h2-4,6-7,10-12,21,23H,5,8-9,13-16H2,1H3,(H,27,29)/t21-,23?/m0/s1. The van der Waals surface area contributed by atoms with E-state index in [1.54, 1.807) is 12.1 Å². The summed E-state index contributed by atoms with van der Waals surface area (Å²) in [5.41, 5.74) is 2.95. The van der Waals surface area contributed by atoms with Gasteiger partial charge in [0.2, 0.25) is 5.91 Å². The highest BCUT2D eigenvalue weighted by molar-refractivity contribution is 6.12. The van der Waals surface area contributed by atoms with Gasteiger partial charge >= 0.3 is 6.09 Å². The van der Waals surface area contributed by atoms with Crippen molar-refractivity contribution in [1.29, 1.82) is 0 Å². The molecule has 1 heterocycles. The van der Waals surface area contributed by atoms with E-state index < -0.39 is 18.1 Å². The van der Waals surface area contributed by atoms with Gasteiger partial charge in [-0.15, -0.1) is 0 Å². The minimum absolute atomic E-state index is 0.103. The van der Waals surface area contributed by atoms with E-state index in [2.05, 4.69) is 5.32 Å². The van der Waals surface area contributed by atoms with Gasteiger partial charge in [0.15, 0.2) is 11.6 Å². The summed E-state index contributed by atoms with van der Waals surface area (Å²) in [6.07, 6.45) is 0.879. The molecule has 2 aromatic rings. The summed E-state index contributed by atoms with van der Waals surface area (Å²) >= 11 is 0. The molecule has 34 heavy (non-hydrogen) atoms. The molecule has 0 bridgehead atoms. The lowest BCUT2D eigenvalue weighted by Crippen LogP contribution is -2.33. The number of anilines is 1. The highest BCUT2D eigenvalue weighted by Crippen LogP contribution is 2.30. The molecule has 8 heteroatoms. The SMILES string of the molecule is CC(=O)NC[C@H]1CN(c2ccc3c(c2)CCCC(C(=O)COCc2ccccc2)C3=O)C(=O)O1. The highest BCUT2D eigenvalue weighted by atomic mass is 16.6. The van der Waals surface area contributed by atoms with E-state index in [-0.39, 0.29) is 30.6 Å². The lowest BCUT2D eigenvalue weighted by atomic mass is 9.91. The van der Waals surface area contributed by atoms with Crippen LogP contribution in [0.5, 0.6) is 0 Å². The Balaban J connectivity index is 1.40. The second kappa shape index (κ2) is 10.6. The molecule has 0 aromatic heterocycles. The van der Waals surface area contributed by atoms with Crippen molar-refractivity contribution in [1.82, 2.24) is 5.32 Å². The molecule has 2 aromatic carbocycles. The summed E-state index contributed by atoms with van der Waals surface area (Å²) in [5.74, 6) is -1.31. The lowest BCUT2D eigenvalue weighted by Gasteiger charge is -2.16. The summed E-state index contributed by atoms with van der Waals surface area (Å²) in [6, 6.07) is 14.8. The van der Waals surface area contributed by atoms with Crippen molar-refractivity contribution in [3.05, 3.63) is 65.2 Å². The van der Waals surface area contributed by atoms with E-state index >= 15 is 0 Å². The van der Waals surface area contributed by atoms with Crippen molar-refractivity contribution < 1.29 is 28.7 Å². The largest absolute Gasteiger partial charge is 0.442 e. The van der Waals surface area contributed by atoms with Crippen LogP contribution in [0.25, 0.3) is 0 Å². The molecular formula is C26H28N2O6. The van der Waals surface area contributed by atoms with Crippen molar-refractivity contribution in [2.24, 2.45) is 5.92 Å². The normalized spacial score (nSPS) is 19.9. The second-order valence-electron chi connectivity index (χ2n) is 8.65. The second-order valence-corrected chi connectivity index (χ2v) is 8.65. The highest BCUT2D eigenvalue weighted by Gasteiger charge is 2.34. The van der Waals surface area contributed by atoms with Crippen LogP contribution in [0.2, 0.25) is 0 Å². The molecule has 1 unspecified atom stereocenters. The maximum absolute atomic E-state index is 13.2. The lowest BCUT2D eigenvalue weighted by molar-refractivity contribution is -0.126. The van der Waals surface area contributed by atoms with Crippen LogP contribution in [0, 0.1) is 5.92 Å². The summed E-state index contributed by atoms with van der Waals surface area (Å²) < 4.78 is 10.9. The zero-order valence-corrected chi connectivity index (χ0v) is 19.1. The Labute approximate surface area is 198 Å². The number of benzene rings is 2. The number of hydrogen-bond acceptors (Lipinski definition) is 6. The predicted octanol–water partition coefficient (Wildman–Crippen LogP) is 3.07. The number of fused-ring (bicyclic) bond motifs is 1. The van der Waals surface area contributed by atoms with Gasteiger partial charge in [0.05, 0.1) is 25.6 Å². The minimum atomic E-state index is -0.721. The average Bonchev–Trinajstić information content (AvgIpc) is 3.12. The van der Waals surface area contributed by atoms with Gasteiger partial charge in [-0.1, -0.05) is 30.3 Å². The molecule has 1 aliphatic heterocycles. The van der Waals surface area contributed by atoms with Crippen molar-refractivity contribution in [2.45, 2.75) is 38.9 Å². The molecule has 1 fully saturated rings. The summed E-state index contributed by atoms with van der Waals surface area (Å²) in [7, 11) is 0. The molecular weight excluding hydrogens is 436 g/mol. The molecule has 0 spiro atoms. The number of carbonyl (C=O) groups is 4. The van der Waals surface area contributed by atoms with E-state index in [0.29, 0.717) is 43.7 Å². The third-order valence-corrected chi connectivity index (χ3v) is 6.12. The van der Waals surface area contributed by atoms with Gasteiger partial charge in [-0.3, -0.25) is 19.3 Å². The van der Waals surface area contributed by atoms with Gasteiger partial charge < -0.3 is 14.8 Å². The zero-order valence-electron chi connectivity index (χ0n) is 19.1. The predicted molar refractivity (Wildman–Crippen MR) is 125 cm³/mol. The average molecular weight is 465 g/mol. The van der Waals surface area contributed by atoms with Crippen LogP contribution in [0.3, 0.4) is 0 Å². The van der Waals surface area contributed by atoms with Crippen LogP contribution < -0.4 is 10.2 Å². The molecule has 8 nitrogen and oxygen atoms in total. The molecule has 0 radical (unpaired) electrons. The van der Waals surface area contributed by atoms with E-state index in [9.17, 15) is 19.2 Å². The fraction of sp³-hybridized carbons (Fsp3) is 0.385. The number of hydrogen-bond donors (Lipinski definition) is 1. The summed E-state index contributed by atoms with van der Waals surface area (Å²) in [6.45, 7) is 2.19. The van der Waals surface area contributed by atoms with Crippen LogP contribution in [0.1, 0.15) is 41.3 Å². The van der Waals surface area contributed by atoms with Gasteiger partial charge in [-0.25, -0.2) is 4.79 Å². The van der Waals surface area contributed by atoms with Gasteiger partial charge in [0, 0.05) is 18.2 Å². The molecule has 1 saturated heterocycles. The quantitative estimate of drug-likeness (QED) is 0.476. The number of nitrogens with one attached hydrogen (secondary N) is 1. The van der Waals surface area contributed by atoms with E-state index in [4.69, 9.17) is 9.47 Å². The fourth-order valence-corrected chi connectivity index (χ4v) is 4.36. The number of Topliss-reactive ketones (excluding diaryl/α,β-unsaturated/α-hetero) is 2. The Bertz CT molecular complexity index is 1080. The summed E-state index contributed by atoms with van der Waals surface area (Å²) in [5, 5.41) is 2.65. The van der Waals surface area contributed by atoms with Gasteiger partial charge in [-0.2, -0.15) is 0 Å². The molecule has 0 saturated carbocycles. The van der Waals surface area contributed by atoms with Crippen LogP contribution in [0.15, 0.2) is 48.5 Å². The first kappa shape index (κ1) is 23.6. The van der Waals surface area contributed by atoms with Crippen LogP contribution >= 0.6 is 0 Å². The molecule has 1 aliphatic carbocycles. The Morgan fingerprint density at radius 2 is 1.94 bits per heavy atom. The van der Waals surface area contributed by atoms with E-state index in [1.807, 2.05) is 36.4 Å². The van der Waals surface area contributed by atoms with Gasteiger partial charge in [0.1, 0.15) is 12.7 Å². The number of cyclic esters (lactones) is 1. The number of nitrogens with zero attached hydrogens (tertiary/aromatic N) is 1. The zero-order chi connectivity index (χ0) is 24.1. The fourth-order valence-electron chi connectivity index (χ4n) is 4.36. The maximum atomic E-state index is 13.2. The number of rotatable bonds is 8. The third kappa shape index (κ3) is 5.51. The monoisotopic (exact) mass is 464 g/mol. The molecule has 1 N–H and O–H groups in total. The third-order valence-electron chi connectivity index (χ3n) is 6.12. The number of carbonyl (C=O) groups excluding carboxylic acids is 4. The molecule has 2 aliphatic rings. The van der Waals surface area contributed by atoms with Gasteiger partial charge in [0.25, 0.3) is 0 Å². The van der Waals surface area contributed by atoms with Crippen molar-refractivity contribution in [2.75, 3.05) is 24.6 Å². The van der Waals surface area contributed by atoms with Crippen molar-refractivity contribution in [3.63, 3.8) is 0 Å². The number of ether oxygens (including phenoxy) is 2. The first-order valence-corrected chi connectivity index (χ1v) is 11.5. The summed E-state index contributed by atoms with van der Waals surface area (Å²) in [4.78, 5) is 50.9. The minimum Gasteiger partial charge on any atom is -0.442 e. The maximum Gasteiger partial charge on any atom is 0.414 e. The Kier molecular flexibility index (Phi) is 7.37. The van der Waals surface area contributed by atoms with Crippen molar-refractivity contribution >= 4 is 29.3 Å². The van der Waals surface area contributed by atoms with E-state index in [1.165, 1.54) is 11.8 Å².